The summed E-state index contributed by atoms with van der Waals surface area (Å²) in [5.41, 5.74) is 0.721. The lowest BCUT2D eigenvalue weighted by molar-refractivity contribution is -0.0498. The molecule has 22 heavy (non-hydrogen) atoms. The van der Waals surface area contributed by atoms with Gasteiger partial charge in [0.15, 0.2) is 11.6 Å². The smallest absolute Gasteiger partial charge is 0.387 e. The fraction of sp³-hybridized carbons (Fsp3) is 0.375. The number of rotatable bonds is 8. The molecule has 0 aliphatic carbocycles. The molecule has 0 aliphatic rings. The van der Waals surface area contributed by atoms with Gasteiger partial charge in [0.2, 0.25) is 0 Å². The zero-order valence-corrected chi connectivity index (χ0v) is 12.3. The van der Waals surface area contributed by atoms with E-state index < -0.39 is 6.61 Å². The van der Waals surface area contributed by atoms with Crippen LogP contribution in [0.1, 0.15) is 26.2 Å². The Hall–Kier alpha value is -2.24. The number of unbranched alkanes of at least 4 members (excludes halogenated alkanes) is 2. The van der Waals surface area contributed by atoms with E-state index in [0.717, 1.165) is 24.8 Å². The van der Waals surface area contributed by atoms with Crippen LogP contribution in [0.5, 0.6) is 11.5 Å². The molecule has 0 fully saturated rings. The van der Waals surface area contributed by atoms with Gasteiger partial charge in [-0.25, -0.2) is 9.97 Å². The van der Waals surface area contributed by atoms with Crippen LogP contribution in [-0.4, -0.2) is 23.2 Å². The first kappa shape index (κ1) is 16.1. The van der Waals surface area contributed by atoms with Crippen LogP contribution in [0.25, 0.3) is 11.4 Å². The number of aromatic nitrogens is 2. The van der Waals surface area contributed by atoms with Crippen LogP contribution in [0.4, 0.5) is 8.78 Å². The number of halogens is 2. The Bertz CT molecular complexity index is 559. The van der Waals surface area contributed by atoms with Crippen LogP contribution in [0.15, 0.2) is 36.7 Å². The Kier molecular flexibility index (Phi) is 6.06. The molecule has 1 aromatic heterocycles. The summed E-state index contributed by atoms with van der Waals surface area (Å²) in [6, 6.07) is 6.18. The molecule has 0 N–H and O–H groups in total. The van der Waals surface area contributed by atoms with Gasteiger partial charge in [0.1, 0.15) is 5.75 Å². The quantitative estimate of drug-likeness (QED) is 0.681. The van der Waals surface area contributed by atoms with E-state index in [1.54, 1.807) is 24.5 Å². The van der Waals surface area contributed by atoms with Gasteiger partial charge in [-0.05, 0) is 30.7 Å². The molecule has 0 saturated carbocycles. The van der Waals surface area contributed by atoms with E-state index in [-0.39, 0.29) is 5.75 Å². The zero-order chi connectivity index (χ0) is 15.8. The Balaban J connectivity index is 1.95. The molecule has 2 rings (SSSR count). The van der Waals surface area contributed by atoms with Crippen molar-refractivity contribution in [2.75, 3.05) is 6.61 Å². The predicted molar refractivity (Wildman–Crippen MR) is 79.1 cm³/mol. The maximum Gasteiger partial charge on any atom is 0.387 e. The Morgan fingerprint density at radius 3 is 2.27 bits per heavy atom. The zero-order valence-electron chi connectivity index (χ0n) is 12.3. The second-order valence-corrected chi connectivity index (χ2v) is 4.70. The first-order chi connectivity index (χ1) is 10.7. The summed E-state index contributed by atoms with van der Waals surface area (Å²) in [5, 5.41) is 0. The van der Waals surface area contributed by atoms with Crippen molar-refractivity contribution in [3.8, 4) is 22.9 Å². The van der Waals surface area contributed by atoms with Crippen LogP contribution < -0.4 is 9.47 Å². The maximum absolute atomic E-state index is 12.1. The van der Waals surface area contributed by atoms with E-state index >= 15 is 0 Å². The third-order valence-electron chi connectivity index (χ3n) is 2.98. The lowest BCUT2D eigenvalue weighted by Crippen LogP contribution is -2.01. The van der Waals surface area contributed by atoms with Gasteiger partial charge in [0.25, 0.3) is 0 Å². The molecule has 1 aromatic carbocycles. The molecular formula is C16H18F2N2O2. The van der Waals surface area contributed by atoms with E-state index in [2.05, 4.69) is 21.6 Å². The molecule has 1 heterocycles. The van der Waals surface area contributed by atoms with Gasteiger partial charge in [-0.15, -0.1) is 0 Å². The summed E-state index contributed by atoms with van der Waals surface area (Å²) in [5.74, 6) is 1.23. The summed E-state index contributed by atoms with van der Waals surface area (Å²) in [4.78, 5) is 8.43. The molecule has 0 bridgehead atoms. The summed E-state index contributed by atoms with van der Waals surface area (Å²) in [6.45, 7) is -0.0441. The molecule has 0 spiro atoms. The van der Waals surface area contributed by atoms with E-state index in [0.29, 0.717) is 18.2 Å². The molecule has 0 atom stereocenters. The van der Waals surface area contributed by atoms with E-state index in [1.807, 2.05) is 0 Å². The fourth-order valence-corrected chi connectivity index (χ4v) is 1.87. The largest absolute Gasteiger partial charge is 0.490 e. The van der Waals surface area contributed by atoms with E-state index in [9.17, 15) is 8.78 Å². The first-order valence-corrected chi connectivity index (χ1v) is 7.19. The van der Waals surface area contributed by atoms with Gasteiger partial charge in [-0.3, -0.25) is 0 Å². The third-order valence-corrected chi connectivity index (χ3v) is 2.98. The molecule has 0 saturated heterocycles. The fourth-order valence-electron chi connectivity index (χ4n) is 1.87. The normalized spacial score (nSPS) is 10.7. The molecule has 0 unspecified atom stereocenters. The summed E-state index contributed by atoms with van der Waals surface area (Å²) in [7, 11) is 0. The summed E-state index contributed by atoms with van der Waals surface area (Å²) >= 11 is 0. The average Bonchev–Trinajstić information content (AvgIpc) is 2.52. The van der Waals surface area contributed by atoms with Gasteiger partial charge in [0.05, 0.1) is 19.0 Å². The number of ether oxygens (including phenoxy) is 2. The standard InChI is InChI=1S/C16H18F2N2O2/c1-2-3-4-9-21-14-10-19-15(20-11-14)12-5-7-13(8-6-12)22-16(17)18/h5-8,10-11,16H,2-4,9H2,1H3. The van der Waals surface area contributed by atoms with Gasteiger partial charge in [0, 0.05) is 5.56 Å². The number of nitrogens with zero attached hydrogens (tertiary/aromatic N) is 2. The Morgan fingerprint density at radius 2 is 1.68 bits per heavy atom. The van der Waals surface area contributed by atoms with Gasteiger partial charge in [-0.1, -0.05) is 19.8 Å². The number of hydrogen-bond acceptors (Lipinski definition) is 4. The molecule has 6 heteroatoms. The van der Waals surface area contributed by atoms with Crippen molar-refractivity contribution in [2.24, 2.45) is 0 Å². The molecule has 2 aromatic rings. The predicted octanol–water partition coefficient (Wildman–Crippen LogP) is 4.31. The van der Waals surface area contributed by atoms with Crippen molar-refractivity contribution in [1.82, 2.24) is 9.97 Å². The molecular weight excluding hydrogens is 290 g/mol. The van der Waals surface area contributed by atoms with Crippen LogP contribution in [0, 0.1) is 0 Å². The summed E-state index contributed by atoms with van der Waals surface area (Å²) < 4.78 is 34.0. The molecule has 118 valence electrons. The van der Waals surface area contributed by atoms with Crippen molar-refractivity contribution < 1.29 is 18.3 Å². The van der Waals surface area contributed by atoms with E-state index in [1.165, 1.54) is 12.1 Å². The molecule has 0 amide bonds. The molecule has 4 nitrogen and oxygen atoms in total. The second kappa shape index (κ2) is 8.26. The Labute approximate surface area is 128 Å². The van der Waals surface area contributed by atoms with Crippen LogP contribution >= 0.6 is 0 Å². The van der Waals surface area contributed by atoms with Crippen molar-refractivity contribution >= 4 is 0 Å². The monoisotopic (exact) mass is 308 g/mol. The number of alkyl halides is 2. The van der Waals surface area contributed by atoms with Crippen LogP contribution in [0.3, 0.4) is 0 Å². The number of hydrogen-bond donors (Lipinski definition) is 0. The topological polar surface area (TPSA) is 44.2 Å². The average molecular weight is 308 g/mol. The van der Waals surface area contributed by atoms with Crippen LogP contribution in [0.2, 0.25) is 0 Å². The molecule has 0 aliphatic heterocycles. The minimum Gasteiger partial charge on any atom is -0.490 e. The highest BCUT2D eigenvalue weighted by atomic mass is 19.3. The van der Waals surface area contributed by atoms with Crippen molar-refractivity contribution in [2.45, 2.75) is 32.8 Å². The first-order valence-electron chi connectivity index (χ1n) is 7.19. The third kappa shape index (κ3) is 4.95. The van der Waals surface area contributed by atoms with Crippen molar-refractivity contribution in [1.29, 1.82) is 0 Å². The van der Waals surface area contributed by atoms with Gasteiger partial charge in [-0.2, -0.15) is 8.78 Å². The second-order valence-electron chi connectivity index (χ2n) is 4.70. The minimum absolute atomic E-state index is 0.106. The summed E-state index contributed by atoms with van der Waals surface area (Å²) in [6.07, 6.45) is 6.50. The highest BCUT2D eigenvalue weighted by Crippen LogP contribution is 2.21. The minimum atomic E-state index is -2.83. The highest BCUT2D eigenvalue weighted by Gasteiger charge is 2.06. The SMILES string of the molecule is CCCCCOc1cnc(-c2ccc(OC(F)F)cc2)nc1. The lowest BCUT2D eigenvalue weighted by atomic mass is 10.2. The lowest BCUT2D eigenvalue weighted by Gasteiger charge is -2.07. The number of benzene rings is 1. The Morgan fingerprint density at radius 1 is 1.00 bits per heavy atom. The highest BCUT2D eigenvalue weighted by molar-refractivity contribution is 5.56. The van der Waals surface area contributed by atoms with Crippen molar-refractivity contribution in [3.63, 3.8) is 0 Å². The molecule has 0 radical (unpaired) electrons. The van der Waals surface area contributed by atoms with Gasteiger partial charge < -0.3 is 9.47 Å². The maximum atomic E-state index is 12.1. The van der Waals surface area contributed by atoms with E-state index in [4.69, 9.17) is 4.74 Å². The van der Waals surface area contributed by atoms with Crippen molar-refractivity contribution in [3.05, 3.63) is 36.7 Å². The van der Waals surface area contributed by atoms with Crippen LogP contribution in [-0.2, 0) is 0 Å². The van der Waals surface area contributed by atoms with Gasteiger partial charge >= 0.3 is 6.61 Å².